The lowest BCUT2D eigenvalue weighted by Crippen LogP contribution is -2.29. The van der Waals surface area contributed by atoms with Crippen LogP contribution in [0.15, 0.2) is 309 Å². The highest BCUT2D eigenvalue weighted by Crippen LogP contribution is 2.56. The van der Waals surface area contributed by atoms with Crippen molar-refractivity contribution in [3.63, 3.8) is 0 Å². The first-order valence-corrected chi connectivity index (χ1v) is 35.1. The SMILES string of the molecule is C1=CCCC(N(c2ccc(-c3cccc4c3c3cccc5c6c(-c7ccccc7)c7c(c(-c8ccccc8)c6n4c35)c3cccc4c5c(-c6ccc(N(c8ccccc8)c8cccc9c8sc8ccccc89)cc6)cccc5n7c43)cc2)C2CC=Cc3c2sc2ccccc32)=C1. The van der Waals surface area contributed by atoms with E-state index in [-0.39, 0.29) is 6.04 Å². The minimum atomic E-state index is 0.207. The van der Waals surface area contributed by atoms with Gasteiger partial charge in [0.05, 0.1) is 49.5 Å². The van der Waals surface area contributed by atoms with Crippen LogP contribution >= 0.6 is 22.7 Å². The third-order valence-electron chi connectivity index (χ3n) is 20.9. The largest absolute Gasteiger partial charge is 0.336 e. The molecule has 0 spiro atoms. The number of nitrogens with zero attached hydrogens (tertiary/aromatic N) is 4. The Morgan fingerprint density at radius 2 is 0.854 bits per heavy atom. The Bertz CT molecular complexity index is 6460. The molecule has 0 bridgehead atoms. The molecule has 2 aliphatic rings. The average molecular weight is 1260 g/mol. The Morgan fingerprint density at radius 1 is 0.365 bits per heavy atom. The van der Waals surface area contributed by atoms with Crippen molar-refractivity contribution in [2.45, 2.75) is 25.3 Å². The Balaban J connectivity index is 0.769. The van der Waals surface area contributed by atoms with Crippen LogP contribution in [-0.2, 0) is 0 Å². The van der Waals surface area contributed by atoms with Gasteiger partial charge in [0.15, 0.2) is 0 Å². The number of para-hydroxylation sites is 3. The fourth-order valence-corrected chi connectivity index (χ4v) is 19.5. The number of fused-ring (bicyclic) bond motifs is 18. The third kappa shape index (κ3) is 7.71. The second kappa shape index (κ2) is 21.0. The van der Waals surface area contributed by atoms with Crippen molar-refractivity contribution in [2.24, 2.45) is 0 Å². The number of benzene rings is 13. The molecule has 450 valence electrons. The molecular formula is C90H58N4S2. The fraction of sp³-hybridized carbons (Fsp3) is 0.0444. The third-order valence-corrected chi connectivity index (χ3v) is 23.4. The summed E-state index contributed by atoms with van der Waals surface area (Å²) in [6, 6.07) is 105. The van der Waals surface area contributed by atoms with Crippen molar-refractivity contribution in [2.75, 3.05) is 9.80 Å². The molecule has 2 aliphatic carbocycles. The highest BCUT2D eigenvalue weighted by molar-refractivity contribution is 7.26. The minimum Gasteiger partial charge on any atom is -0.336 e. The second-order valence-corrected chi connectivity index (χ2v) is 28.1. The summed E-state index contributed by atoms with van der Waals surface area (Å²) in [5, 5.41) is 14.0. The Labute approximate surface area is 562 Å². The van der Waals surface area contributed by atoms with Crippen LogP contribution in [0, 0.1) is 0 Å². The molecule has 0 saturated heterocycles. The molecule has 4 nitrogen and oxygen atoms in total. The molecule has 19 aromatic rings. The van der Waals surface area contributed by atoms with E-state index in [2.05, 4.69) is 328 Å². The van der Waals surface area contributed by atoms with Gasteiger partial charge in [-0.1, -0.05) is 237 Å². The van der Waals surface area contributed by atoms with Crippen LogP contribution in [0.2, 0.25) is 0 Å². The molecule has 13 aromatic carbocycles. The summed E-state index contributed by atoms with van der Waals surface area (Å²) >= 11 is 3.83. The van der Waals surface area contributed by atoms with Gasteiger partial charge >= 0.3 is 0 Å². The standard InChI is InChI=1S/C90H58N4S2/c1-5-23-57(24-6-1)79-83-71-39-17-37-69-82-64(56-49-53-62(54-50-56)92(60-29-11-4-12-30-60)76-44-22-36-68-66-32-14-16-46-78(66)96-90(68)76)34-20-42-74(82)94(85(69)71)88(83)80(58-25-7-2-8-26-58)84-72-40-18-38-70-81-63(33-19-41-73(81)93(86(70)72)87(79)84)55-47-51-61(52-48-55)91(59-27-9-3-10-28-59)75-43-21-35-67-65-31-13-15-45-77(65)95-89(67)75/h1-11,13-29,31-43,45-54,76H,12,30,44H2. The zero-order valence-corrected chi connectivity index (χ0v) is 53.9. The summed E-state index contributed by atoms with van der Waals surface area (Å²) in [5.74, 6) is 0. The lowest BCUT2D eigenvalue weighted by molar-refractivity contribution is 0.666. The molecule has 1 unspecified atom stereocenters. The molecule has 1 atom stereocenters. The van der Waals surface area contributed by atoms with Gasteiger partial charge in [0, 0.05) is 107 Å². The average Bonchev–Trinajstić information content (AvgIpc) is 1.49. The maximum Gasteiger partial charge on any atom is 0.0721 e. The first-order chi connectivity index (χ1) is 47.7. The summed E-state index contributed by atoms with van der Waals surface area (Å²) in [4.78, 5) is 6.53. The molecule has 0 saturated carbocycles. The molecule has 96 heavy (non-hydrogen) atoms. The predicted molar refractivity (Wildman–Crippen MR) is 412 cm³/mol. The molecule has 0 N–H and O–H groups in total. The molecule has 0 fully saturated rings. The van der Waals surface area contributed by atoms with Gasteiger partial charge in [-0.15, -0.1) is 22.7 Å². The van der Waals surface area contributed by atoms with Crippen LogP contribution < -0.4 is 9.80 Å². The van der Waals surface area contributed by atoms with Gasteiger partial charge in [-0.2, -0.15) is 0 Å². The van der Waals surface area contributed by atoms with E-state index in [0.29, 0.717) is 0 Å². The van der Waals surface area contributed by atoms with E-state index in [1.54, 1.807) is 0 Å². The van der Waals surface area contributed by atoms with Crippen molar-refractivity contribution >= 4 is 158 Å². The van der Waals surface area contributed by atoms with Crippen molar-refractivity contribution in [3.05, 3.63) is 319 Å². The van der Waals surface area contributed by atoms with E-state index in [1.165, 1.54) is 178 Å². The lowest BCUT2D eigenvalue weighted by atomic mass is 9.89. The van der Waals surface area contributed by atoms with Crippen LogP contribution in [0.25, 0.3) is 157 Å². The number of rotatable bonds is 10. The molecule has 6 heteroatoms. The molecule has 0 radical (unpaired) electrons. The van der Waals surface area contributed by atoms with Crippen molar-refractivity contribution in [3.8, 4) is 44.5 Å². The van der Waals surface area contributed by atoms with Crippen LogP contribution in [0.4, 0.5) is 22.7 Å². The molecule has 0 amide bonds. The van der Waals surface area contributed by atoms with Gasteiger partial charge in [0.1, 0.15) is 0 Å². The first-order valence-electron chi connectivity index (χ1n) is 33.5. The zero-order valence-electron chi connectivity index (χ0n) is 52.2. The molecule has 21 rings (SSSR count). The second-order valence-electron chi connectivity index (χ2n) is 25.9. The first kappa shape index (κ1) is 53.9. The summed E-state index contributed by atoms with van der Waals surface area (Å²) in [5.41, 5.74) is 24.5. The van der Waals surface area contributed by atoms with E-state index < -0.39 is 0 Å². The highest BCUT2D eigenvalue weighted by atomic mass is 32.1. The summed E-state index contributed by atoms with van der Waals surface area (Å²) in [6.07, 6.45) is 14.7. The Hall–Kier alpha value is -11.5. The van der Waals surface area contributed by atoms with E-state index in [9.17, 15) is 0 Å². The van der Waals surface area contributed by atoms with Crippen molar-refractivity contribution < 1.29 is 0 Å². The quantitative estimate of drug-likeness (QED) is 0.136. The summed E-state index contributed by atoms with van der Waals surface area (Å²) < 4.78 is 9.23. The van der Waals surface area contributed by atoms with E-state index in [0.717, 1.165) is 30.6 Å². The summed E-state index contributed by atoms with van der Waals surface area (Å²) in [6.45, 7) is 0. The van der Waals surface area contributed by atoms with E-state index in [1.807, 2.05) is 22.7 Å². The fourth-order valence-electron chi connectivity index (χ4n) is 17.0. The van der Waals surface area contributed by atoms with Gasteiger partial charge < -0.3 is 18.6 Å². The van der Waals surface area contributed by atoms with Crippen LogP contribution in [-0.4, -0.2) is 8.80 Å². The number of thiophene rings is 2. The minimum absolute atomic E-state index is 0.207. The van der Waals surface area contributed by atoms with Crippen LogP contribution in [0.1, 0.15) is 35.7 Å². The van der Waals surface area contributed by atoms with Gasteiger partial charge in [-0.25, -0.2) is 0 Å². The van der Waals surface area contributed by atoms with E-state index >= 15 is 0 Å². The smallest absolute Gasteiger partial charge is 0.0721 e. The highest BCUT2D eigenvalue weighted by Gasteiger charge is 2.34. The van der Waals surface area contributed by atoms with E-state index in [4.69, 9.17) is 0 Å². The maximum atomic E-state index is 2.65. The van der Waals surface area contributed by atoms with Gasteiger partial charge in [0.2, 0.25) is 0 Å². The Morgan fingerprint density at radius 3 is 1.45 bits per heavy atom. The Kier molecular flexibility index (Phi) is 11.8. The number of anilines is 4. The normalized spacial score (nSPS) is 14.2. The topological polar surface area (TPSA) is 15.3 Å². The summed E-state index contributed by atoms with van der Waals surface area (Å²) in [7, 11) is 0. The number of aromatic nitrogens is 2. The molecule has 6 aromatic heterocycles. The number of allylic oxidation sites excluding steroid dienone is 4. The predicted octanol–water partition coefficient (Wildman–Crippen LogP) is 25.9. The van der Waals surface area contributed by atoms with Crippen LogP contribution in [0.3, 0.4) is 0 Å². The molecule has 6 heterocycles. The lowest BCUT2D eigenvalue weighted by Gasteiger charge is -2.37. The van der Waals surface area contributed by atoms with Gasteiger partial charge in [0.25, 0.3) is 0 Å². The molecule has 0 aliphatic heterocycles. The zero-order chi connectivity index (χ0) is 62.7. The monoisotopic (exact) mass is 1260 g/mol. The molecular weight excluding hydrogens is 1200 g/mol. The van der Waals surface area contributed by atoms with Crippen molar-refractivity contribution in [1.82, 2.24) is 8.80 Å². The van der Waals surface area contributed by atoms with Gasteiger partial charge in [-0.3, -0.25) is 0 Å². The van der Waals surface area contributed by atoms with Gasteiger partial charge in [-0.05, 0) is 131 Å². The number of hydrogen-bond acceptors (Lipinski definition) is 4. The number of hydrogen-bond donors (Lipinski definition) is 0. The maximum absolute atomic E-state index is 2.65. The van der Waals surface area contributed by atoms with Crippen molar-refractivity contribution in [1.29, 1.82) is 0 Å². The van der Waals surface area contributed by atoms with Crippen LogP contribution in [0.5, 0.6) is 0 Å².